The quantitative estimate of drug-likeness (QED) is 0.794. The number of carbonyl (C=O) groups is 1. The summed E-state index contributed by atoms with van der Waals surface area (Å²) in [7, 11) is 1.58. The van der Waals surface area contributed by atoms with Crippen molar-refractivity contribution in [1.82, 2.24) is 0 Å². The molecule has 0 atom stereocenters. The first-order valence-electron chi connectivity index (χ1n) is 4.59. The van der Waals surface area contributed by atoms with E-state index in [1.165, 1.54) is 0 Å². The highest BCUT2D eigenvalue weighted by Crippen LogP contribution is 2.25. The molecule has 1 aromatic rings. The lowest BCUT2D eigenvalue weighted by molar-refractivity contribution is 0.0378. The second-order valence-corrected chi connectivity index (χ2v) is 4.16. The third-order valence-electron chi connectivity index (χ3n) is 1.73. The fourth-order valence-corrected chi connectivity index (χ4v) is 1.62. The minimum atomic E-state index is -0.326. The van der Waals surface area contributed by atoms with E-state index in [0.717, 1.165) is 4.47 Å². The van der Waals surface area contributed by atoms with Crippen LogP contribution in [0.1, 0.15) is 24.2 Å². The van der Waals surface area contributed by atoms with Gasteiger partial charge in [-0.15, -0.1) is 0 Å². The van der Waals surface area contributed by atoms with Gasteiger partial charge in [0.25, 0.3) is 0 Å². The van der Waals surface area contributed by atoms with E-state index in [-0.39, 0.29) is 12.1 Å². The van der Waals surface area contributed by atoms with Gasteiger partial charge in [0, 0.05) is 0 Å². The van der Waals surface area contributed by atoms with Gasteiger partial charge in [0.2, 0.25) is 0 Å². The van der Waals surface area contributed by atoms with Crippen LogP contribution in [0.15, 0.2) is 22.7 Å². The number of hydrogen-bond acceptors (Lipinski definition) is 3. The van der Waals surface area contributed by atoms with Crippen LogP contribution < -0.4 is 4.74 Å². The normalized spacial score (nSPS) is 10.2. The van der Waals surface area contributed by atoms with Crippen LogP contribution in [0, 0.1) is 0 Å². The maximum atomic E-state index is 11.5. The van der Waals surface area contributed by atoms with Crippen molar-refractivity contribution < 1.29 is 14.3 Å². The number of ether oxygens (including phenoxy) is 2. The molecule has 0 aliphatic heterocycles. The molecule has 0 saturated carbocycles. The fourth-order valence-electron chi connectivity index (χ4n) is 1.08. The van der Waals surface area contributed by atoms with Crippen LogP contribution in [0.25, 0.3) is 0 Å². The lowest BCUT2D eigenvalue weighted by Gasteiger charge is -2.09. The molecule has 0 aromatic heterocycles. The summed E-state index contributed by atoms with van der Waals surface area (Å²) < 4.78 is 10.9. The predicted octanol–water partition coefficient (Wildman–Crippen LogP) is 3.02. The van der Waals surface area contributed by atoms with Crippen LogP contribution in [0.5, 0.6) is 5.75 Å². The Bertz CT molecular complexity index is 361. The van der Waals surface area contributed by atoms with E-state index in [4.69, 9.17) is 9.47 Å². The molecule has 0 radical (unpaired) electrons. The molecule has 15 heavy (non-hydrogen) atoms. The maximum Gasteiger partial charge on any atom is 0.338 e. The minimum absolute atomic E-state index is 0.113. The Morgan fingerprint density at radius 1 is 1.40 bits per heavy atom. The molecule has 0 spiro atoms. The second kappa shape index (κ2) is 5.16. The standard InChI is InChI=1S/C11H13BrO3/c1-7(2)15-11(13)8-4-5-10(14-3)9(12)6-8/h4-7H,1-3H3. The first-order chi connectivity index (χ1) is 7.04. The van der Waals surface area contributed by atoms with Gasteiger partial charge in [-0.3, -0.25) is 0 Å². The van der Waals surface area contributed by atoms with Crippen LogP contribution >= 0.6 is 15.9 Å². The predicted molar refractivity (Wildman–Crippen MR) is 61.2 cm³/mol. The summed E-state index contributed by atoms with van der Waals surface area (Å²) in [6, 6.07) is 5.08. The molecule has 0 fully saturated rings. The Morgan fingerprint density at radius 3 is 2.53 bits per heavy atom. The highest BCUT2D eigenvalue weighted by molar-refractivity contribution is 9.10. The van der Waals surface area contributed by atoms with Crippen molar-refractivity contribution in [2.45, 2.75) is 20.0 Å². The fraction of sp³-hybridized carbons (Fsp3) is 0.364. The van der Waals surface area contributed by atoms with E-state index < -0.39 is 0 Å². The van der Waals surface area contributed by atoms with Gasteiger partial charge in [-0.25, -0.2) is 4.79 Å². The summed E-state index contributed by atoms with van der Waals surface area (Å²) in [5, 5.41) is 0. The zero-order valence-electron chi connectivity index (χ0n) is 8.91. The molecule has 1 rings (SSSR count). The molecule has 0 amide bonds. The molecule has 0 aliphatic carbocycles. The zero-order chi connectivity index (χ0) is 11.4. The first-order valence-corrected chi connectivity index (χ1v) is 5.38. The van der Waals surface area contributed by atoms with Crippen molar-refractivity contribution in [3.8, 4) is 5.75 Å². The number of methoxy groups -OCH3 is 1. The van der Waals surface area contributed by atoms with Crippen molar-refractivity contribution in [2.75, 3.05) is 7.11 Å². The number of esters is 1. The summed E-state index contributed by atoms with van der Waals surface area (Å²) in [6.07, 6.45) is -0.113. The molecule has 0 unspecified atom stereocenters. The zero-order valence-corrected chi connectivity index (χ0v) is 10.5. The number of benzene rings is 1. The van der Waals surface area contributed by atoms with Gasteiger partial charge in [-0.05, 0) is 48.0 Å². The third-order valence-corrected chi connectivity index (χ3v) is 2.35. The number of carbonyl (C=O) groups excluding carboxylic acids is 1. The summed E-state index contributed by atoms with van der Waals surface area (Å²) in [5.74, 6) is 0.365. The molecule has 0 N–H and O–H groups in total. The molecule has 0 bridgehead atoms. The Kier molecular flexibility index (Phi) is 4.15. The Labute approximate surface area is 97.5 Å². The topological polar surface area (TPSA) is 35.5 Å². The molecule has 82 valence electrons. The summed E-state index contributed by atoms with van der Waals surface area (Å²) in [6.45, 7) is 3.63. The van der Waals surface area contributed by atoms with Crippen LogP contribution in [0.3, 0.4) is 0 Å². The van der Waals surface area contributed by atoms with Crippen molar-refractivity contribution in [3.63, 3.8) is 0 Å². The summed E-state index contributed by atoms with van der Waals surface area (Å²) >= 11 is 3.31. The molecular formula is C11H13BrO3. The van der Waals surface area contributed by atoms with Crippen molar-refractivity contribution in [2.24, 2.45) is 0 Å². The van der Waals surface area contributed by atoms with Gasteiger partial charge in [0.05, 0.1) is 23.2 Å². The van der Waals surface area contributed by atoms with Crippen molar-refractivity contribution >= 4 is 21.9 Å². The van der Waals surface area contributed by atoms with E-state index in [0.29, 0.717) is 11.3 Å². The van der Waals surface area contributed by atoms with E-state index in [1.54, 1.807) is 25.3 Å². The van der Waals surface area contributed by atoms with Gasteiger partial charge < -0.3 is 9.47 Å². The van der Waals surface area contributed by atoms with E-state index >= 15 is 0 Å². The highest BCUT2D eigenvalue weighted by atomic mass is 79.9. The third kappa shape index (κ3) is 3.23. The van der Waals surface area contributed by atoms with Gasteiger partial charge >= 0.3 is 5.97 Å². The van der Waals surface area contributed by atoms with Crippen LogP contribution in [0.4, 0.5) is 0 Å². The van der Waals surface area contributed by atoms with Gasteiger partial charge in [0.15, 0.2) is 0 Å². The lowest BCUT2D eigenvalue weighted by atomic mass is 10.2. The Balaban J connectivity index is 2.87. The van der Waals surface area contributed by atoms with Crippen molar-refractivity contribution in [3.05, 3.63) is 28.2 Å². The SMILES string of the molecule is COc1ccc(C(=O)OC(C)C)cc1Br. The molecule has 1 aromatic carbocycles. The summed E-state index contributed by atoms with van der Waals surface area (Å²) in [4.78, 5) is 11.5. The number of halogens is 1. The maximum absolute atomic E-state index is 11.5. The van der Waals surface area contributed by atoms with E-state index in [2.05, 4.69) is 15.9 Å². The molecule has 4 heteroatoms. The largest absolute Gasteiger partial charge is 0.496 e. The van der Waals surface area contributed by atoms with Gasteiger partial charge in [-0.1, -0.05) is 0 Å². The number of rotatable bonds is 3. The molecule has 3 nitrogen and oxygen atoms in total. The van der Waals surface area contributed by atoms with Crippen LogP contribution in [-0.4, -0.2) is 19.2 Å². The van der Waals surface area contributed by atoms with Gasteiger partial charge in [-0.2, -0.15) is 0 Å². The average Bonchev–Trinajstić information content (AvgIpc) is 2.16. The minimum Gasteiger partial charge on any atom is -0.496 e. The molecular weight excluding hydrogens is 260 g/mol. The second-order valence-electron chi connectivity index (χ2n) is 3.30. The Morgan fingerprint density at radius 2 is 2.07 bits per heavy atom. The lowest BCUT2D eigenvalue weighted by Crippen LogP contribution is -2.11. The smallest absolute Gasteiger partial charge is 0.338 e. The molecule has 0 heterocycles. The molecule has 0 aliphatic rings. The van der Waals surface area contributed by atoms with Crippen LogP contribution in [-0.2, 0) is 4.74 Å². The number of hydrogen-bond donors (Lipinski definition) is 0. The average molecular weight is 273 g/mol. The van der Waals surface area contributed by atoms with Crippen LogP contribution in [0.2, 0.25) is 0 Å². The summed E-state index contributed by atoms with van der Waals surface area (Å²) in [5.41, 5.74) is 0.511. The van der Waals surface area contributed by atoms with Gasteiger partial charge in [0.1, 0.15) is 5.75 Å². The Hall–Kier alpha value is -1.03. The van der Waals surface area contributed by atoms with E-state index in [1.807, 2.05) is 13.8 Å². The first kappa shape index (κ1) is 12.0. The van der Waals surface area contributed by atoms with Crippen molar-refractivity contribution in [1.29, 1.82) is 0 Å². The molecule has 0 saturated heterocycles. The highest BCUT2D eigenvalue weighted by Gasteiger charge is 2.11. The van der Waals surface area contributed by atoms with E-state index in [9.17, 15) is 4.79 Å². The monoisotopic (exact) mass is 272 g/mol.